The van der Waals surface area contributed by atoms with Crippen molar-refractivity contribution in [2.24, 2.45) is 4.99 Å². The van der Waals surface area contributed by atoms with E-state index in [1.165, 1.54) is 37.7 Å². The van der Waals surface area contributed by atoms with E-state index in [-0.39, 0.29) is 18.4 Å². The molecule has 0 bridgehead atoms. The maximum Gasteiger partial charge on any atom is 0.407 e. The number of thiazole rings is 1. The minimum absolute atomic E-state index is 0.166. The minimum atomic E-state index is -0.497. The molecule has 0 aliphatic carbocycles. The molecule has 1 amide bonds. The first-order chi connectivity index (χ1) is 14.9. The topological polar surface area (TPSA) is 93.1 Å². The number of nitrogens with one attached hydrogen (secondary N) is 1. The summed E-state index contributed by atoms with van der Waals surface area (Å²) in [7, 11) is 2.67. The van der Waals surface area contributed by atoms with Crippen LogP contribution in [0, 0.1) is 5.82 Å². The molecule has 1 N–H and O–H groups in total. The van der Waals surface area contributed by atoms with Crippen LogP contribution in [-0.4, -0.2) is 61.1 Å². The van der Waals surface area contributed by atoms with E-state index in [2.05, 4.69) is 20.0 Å². The number of ether oxygens (including phenoxy) is 2. The van der Waals surface area contributed by atoms with E-state index in [4.69, 9.17) is 16.3 Å². The van der Waals surface area contributed by atoms with Crippen molar-refractivity contribution in [2.75, 3.05) is 27.3 Å². The number of carbonyl (C=O) groups excluding carboxylic acids is 2. The molecule has 4 rings (SSSR count). The lowest BCUT2D eigenvalue weighted by molar-refractivity contribution is -0.136. The molecule has 31 heavy (non-hydrogen) atoms. The molecule has 11 heteroatoms. The molecule has 1 atom stereocenters. The summed E-state index contributed by atoms with van der Waals surface area (Å²) in [5.74, 6) is 0.0278. The van der Waals surface area contributed by atoms with Crippen LogP contribution < -0.4 is 5.32 Å². The van der Waals surface area contributed by atoms with Gasteiger partial charge in [0.05, 0.1) is 32.4 Å². The zero-order valence-electron chi connectivity index (χ0n) is 16.8. The van der Waals surface area contributed by atoms with Crippen molar-refractivity contribution >= 4 is 40.8 Å². The largest absolute Gasteiger partial charge is 0.466 e. The van der Waals surface area contributed by atoms with Crippen molar-refractivity contribution in [3.8, 4) is 0 Å². The summed E-state index contributed by atoms with van der Waals surface area (Å²) in [4.78, 5) is 34.1. The van der Waals surface area contributed by atoms with Gasteiger partial charge in [0.2, 0.25) is 0 Å². The van der Waals surface area contributed by atoms with Crippen LogP contribution in [0.5, 0.6) is 0 Å². The first kappa shape index (κ1) is 22.7. The van der Waals surface area contributed by atoms with Gasteiger partial charge in [0.1, 0.15) is 5.82 Å². The van der Waals surface area contributed by atoms with Crippen LogP contribution in [-0.2, 0) is 14.3 Å². The van der Waals surface area contributed by atoms with Gasteiger partial charge in [-0.15, -0.1) is 11.3 Å². The lowest BCUT2D eigenvalue weighted by Gasteiger charge is -2.26. The Kier molecular flexibility index (Phi) is 7.59. The summed E-state index contributed by atoms with van der Waals surface area (Å²) >= 11 is 6.88. The number of aromatic nitrogens is 1. The van der Waals surface area contributed by atoms with Gasteiger partial charge in [-0.3, -0.25) is 4.99 Å². The molecule has 2 aromatic rings. The van der Waals surface area contributed by atoms with Gasteiger partial charge in [-0.05, 0) is 18.2 Å². The molecule has 1 aromatic heterocycles. The number of carbonyl (C=O) groups is 2. The van der Waals surface area contributed by atoms with Gasteiger partial charge in [0.15, 0.2) is 10.8 Å². The minimum Gasteiger partial charge on any atom is -0.466 e. The third-order valence-corrected chi connectivity index (χ3v) is 5.51. The third-order valence-electron chi connectivity index (χ3n) is 4.51. The fourth-order valence-corrected chi connectivity index (χ4v) is 4.00. The number of fused-ring (bicyclic) bond motifs is 1. The molecule has 0 spiro atoms. The quantitative estimate of drug-likeness (QED) is 0.698. The molecule has 2 aliphatic rings. The SMILES string of the molecule is COC(=O)NC1CC2=C(C(=O)OC)CN=C(c3nccs3)N2C1.Fc1cccc(Cl)c1. The smallest absolute Gasteiger partial charge is 0.407 e. The van der Waals surface area contributed by atoms with E-state index in [9.17, 15) is 14.0 Å². The standard InChI is InChI=1S/C14H16N4O4S.C6H4ClF/c1-21-13(19)9-6-16-11(12-15-3-4-23-12)18-7-8(5-10(9)18)17-14(20)22-2;7-5-2-1-3-6(8)4-5/h3-4,8H,5-7H2,1-2H3,(H,17,20);1-4H. The van der Waals surface area contributed by atoms with Gasteiger partial charge in [0, 0.05) is 35.3 Å². The van der Waals surface area contributed by atoms with Gasteiger partial charge in [-0.1, -0.05) is 17.7 Å². The highest BCUT2D eigenvalue weighted by atomic mass is 35.5. The van der Waals surface area contributed by atoms with Gasteiger partial charge >= 0.3 is 12.1 Å². The van der Waals surface area contributed by atoms with Crippen LogP contribution in [0.2, 0.25) is 5.02 Å². The predicted molar refractivity (Wildman–Crippen MR) is 115 cm³/mol. The molecule has 1 saturated heterocycles. The van der Waals surface area contributed by atoms with Crippen LogP contribution in [0.15, 0.2) is 52.1 Å². The van der Waals surface area contributed by atoms with Crippen molar-refractivity contribution in [1.82, 2.24) is 15.2 Å². The van der Waals surface area contributed by atoms with E-state index in [0.717, 1.165) is 16.5 Å². The maximum absolute atomic E-state index is 12.1. The molecule has 3 heterocycles. The van der Waals surface area contributed by atoms with E-state index in [1.807, 2.05) is 10.3 Å². The lowest BCUT2D eigenvalue weighted by Crippen LogP contribution is -2.39. The number of halogens is 2. The Morgan fingerprint density at radius 3 is 2.71 bits per heavy atom. The molecule has 2 aliphatic heterocycles. The first-order valence-electron chi connectivity index (χ1n) is 9.20. The van der Waals surface area contributed by atoms with Crippen molar-refractivity contribution in [3.05, 3.63) is 63.0 Å². The van der Waals surface area contributed by atoms with E-state index in [0.29, 0.717) is 23.6 Å². The van der Waals surface area contributed by atoms with Crippen molar-refractivity contribution < 1.29 is 23.5 Å². The molecule has 8 nitrogen and oxygen atoms in total. The molecule has 1 unspecified atom stereocenters. The average molecular weight is 467 g/mol. The Hall–Kier alpha value is -2.98. The van der Waals surface area contributed by atoms with Crippen LogP contribution in [0.3, 0.4) is 0 Å². The Balaban J connectivity index is 0.000000287. The Labute approximate surface area is 187 Å². The predicted octanol–water partition coefficient (Wildman–Crippen LogP) is 3.24. The highest BCUT2D eigenvalue weighted by molar-refractivity contribution is 7.11. The van der Waals surface area contributed by atoms with Crippen molar-refractivity contribution in [1.29, 1.82) is 0 Å². The number of methoxy groups -OCH3 is 2. The summed E-state index contributed by atoms with van der Waals surface area (Å²) in [6.07, 6.45) is 1.73. The van der Waals surface area contributed by atoms with E-state index in [1.54, 1.807) is 18.3 Å². The van der Waals surface area contributed by atoms with E-state index < -0.39 is 12.1 Å². The number of hydrogen-bond acceptors (Lipinski definition) is 8. The van der Waals surface area contributed by atoms with Gasteiger partial charge in [-0.25, -0.2) is 19.0 Å². The summed E-state index contributed by atoms with van der Waals surface area (Å²) < 4.78 is 21.6. The zero-order chi connectivity index (χ0) is 22.4. The third kappa shape index (κ3) is 5.59. The number of nitrogens with zero attached hydrogens (tertiary/aromatic N) is 3. The number of hydrogen-bond donors (Lipinski definition) is 1. The van der Waals surface area contributed by atoms with Gasteiger partial charge in [0.25, 0.3) is 0 Å². The number of benzene rings is 1. The number of esters is 1. The molecule has 164 valence electrons. The fourth-order valence-electron chi connectivity index (χ4n) is 3.17. The fraction of sp³-hybridized carbons (Fsp3) is 0.300. The van der Waals surface area contributed by atoms with Crippen molar-refractivity contribution in [2.45, 2.75) is 12.5 Å². The molecular weight excluding hydrogens is 447 g/mol. The second-order valence-corrected chi connectivity index (χ2v) is 7.81. The van der Waals surface area contributed by atoms with Crippen LogP contribution in [0.1, 0.15) is 11.4 Å². The zero-order valence-corrected chi connectivity index (χ0v) is 18.4. The van der Waals surface area contributed by atoms with Crippen LogP contribution in [0.25, 0.3) is 0 Å². The number of amidine groups is 1. The summed E-state index contributed by atoms with van der Waals surface area (Å²) in [6, 6.07) is 5.65. The summed E-state index contributed by atoms with van der Waals surface area (Å²) in [5, 5.41) is 5.86. The number of rotatable bonds is 3. The average Bonchev–Trinajstić information content (AvgIpc) is 3.42. The highest BCUT2D eigenvalue weighted by Crippen LogP contribution is 2.31. The molecular formula is C20H20ClFN4O4S. The monoisotopic (exact) mass is 466 g/mol. The number of aliphatic imine (C=N–C) groups is 1. The molecule has 1 aromatic carbocycles. The normalized spacial score (nSPS) is 17.2. The highest BCUT2D eigenvalue weighted by Gasteiger charge is 2.38. The van der Waals surface area contributed by atoms with Crippen molar-refractivity contribution in [3.63, 3.8) is 0 Å². The molecule has 1 fully saturated rings. The van der Waals surface area contributed by atoms with Crippen LogP contribution in [0.4, 0.5) is 9.18 Å². The molecule has 0 radical (unpaired) electrons. The number of alkyl carbamates (subject to hydrolysis) is 1. The second-order valence-electron chi connectivity index (χ2n) is 6.48. The van der Waals surface area contributed by atoms with Gasteiger partial charge < -0.3 is 19.7 Å². The Bertz CT molecular complexity index is 995. The van der Waals surface area contributed by atoms with E-state index >= 15 is 0 Å². The van der Waals surface area contributed by atoms with Crippen LogP contribution >= 0.6 is 22.9 Å². The maximum atomic E-state index is 12.1. The Morgan fingerprint density at radius 2 is 2.13 bits per heavy atom. The Morgan fingerprint density at radius 1 is 1.32 bits per heavy atom. The summed E-state index contributed by atoms with van der Waals surface area (Å²) in [6.45, 7) is 0.752. The lowest BCUT2D eigenvalue weighted by atomic mass is 10.1. The second kappa shape index (κ2) is 10.4. The first-order valence-corrected chi connectivity index (χ1v) is 10.5. The number of amides is 1. The molecule has 0 saturated carbocycles. The summed E-state index contributed by atoms with van der Waals surface area (Å²) in [5.41, 5.74) is 1.33. The van der Waals surface area contributed by atoms with Gasteiger partial charge in [-0.2, -0.15) is 0 Å².